The Balaban J connectivity index is 1.55. The van der Waals surface area contributed by atoms with Crippen molar-refractivity contribution in [1.82, 2.24) is 14.9 Å². The van der Waals surface area contributed by atoms with Crippen molar-refractivity contribution in [2.24, 2.45) is 0 Å². The molecule has 5 nitrogen and oxygen atoms in total. The van der Waals surface area contributed by atoms with E-state index in [4.69, 9.17) is 5.26 Å². The number of hydrogen-bond acceptors (Lipinski definition) is 5. The summed E-state index contributed by atoms with van der Waals surface area (Å²) in [5, 5.41) is 12.7. The quantitative estimate of drug-likeness (QED) is 0.937. The lowest BCUT2D eigenvalue weighted by molar-refractivity contribution is 0.211. The van der Waals surface area contributed by atoms with Crippen molar-refractivity contribution < 1.29 is 0 Å². The van der Waals surface area contributed by atoms with Gasteiger partial charge in [0, 0.05) is 38.1 Å². The van der Waals surface area contributed by atoms with Crippen molar-refractivity contribution in [1.29, 1.82) is 5.26 Å². The highest BCUT2D eigenvalue weighted by atomic mass is 15.1. The number of nitrogens with one attached hydrogen (secondary N) is 1. The summed E-state index contributed by atoms with van der Waals surface area (Å²) in [4.78, 5) is 11.2. The molecule has 1 fully saturated rings. The average Bonchev–Trinajstić information content (AvgIpc) is 2.57. The van der Waals surface area contributed by atoms with Gasteiger partial charge in [-0.15, -0.1) is 0 Å². The van der Waals surface area contributed by atoms with Crippen molar-refractivity contribution in [2.45, 2.75) is 39.3 Å². The first kappa shape index (κ1) is 16.4. The van der Waals surface area contributed by atoms with E-state index >= 15 is 0 Å². The minimum absolute atomic E-state index is 0.439. The molecule has 0 atom stereocenters. The third kappa shape index (κ3) is 3.90. The molecule has 0 aliphatic carbocycles. The standard InChI is InChI=1S/C19H23N5/c1-14-10-19(22-15(2)18(14)11-20)23-17-5-8-24(9-6-17)13-16-4-3-7-21-12-16/h3-4,7,10,12,17H,5-6,8-9,13H2,1-2H3,(H,22,23). The number of piperidine rings is 1. The van der Waals surface area contributed by atoms with Gasteiger partial charge in [-0.3, -0.25) is 9.88 Å². The number of likely N-dealkylation sites (tertiary alicyclic amines) is 1. The molecule has 0 saturated carbocycles. The van der Waals surface area contributed by atoms with Gasteiger partial charge < -0.3 is 5.32 Å². The van der Waals surface area contributed by atoms with Gasteiger partial charge in [0.05, 0.1) is 11.3 Å². The maximum atomic E-state index is 9.14. The molecule has 0 amide bonds. The Morgan fingerprint density at radius 3 is 2.75 bits per heavy atom. The van der Waals surface area contributed by atoms with E-state index in [-0.39, 0.29) is 0 Å². The van der Waals surface area contributed by atoms with Crippen molar-refractivity contribution in [3.05, 3.63) is 53.0 Å². The van der Waals surface area contributed by atoms with Gasteiger partial charge in [-0.05, 0) is 49.9 Å². The van der Waals surface area contributed by atoms with Crippen LogP contribution in [0.2, 0.25) is 0 Å². The minimum Gasteiger partial charge on any atom is -0.367 e. The second kappa shape index (κ2) is 7.41. The molecule has 0 unspecified atom stereocenters. The van der Waals surface area contributed by atoms with Crippen LogP contribution in [0.4, 0.5) is 5.82 Å². The van der Waals surface area contributed by atoms with Crippen molar-refractivity contribution in [3.8, 4) is 6.07 Å². The van der Waals surface area contributed by atoms with Crippen LogP contribution in [-0.2, 0) is 6.54 Å². The van der Waals surface area contributed by atoms with Crippen molar-refractivity contribution >= 4 is 5.82 Å². The number of aromatic nitrogens is 2. The molecule has 0 aromatic carbocycles. The number of rotatable bonds is 4. The van der Waals surface area contributed by atoms with E-state index in [2.05, 4.69) is 32.3 Å². The first-order valence-corrected chi connectivity index (χ1v) is 8.42. The fraction of sp³-hybridized carbons (Fsp3) is 0.421. The highest BCUT2D eigenvalue weighted by Gasteiger charge is 2.20. The topological polar surface area (TPSA) is 64.8 Å². The van der Waals surface area contributed by atoms with Gasteiger partial charge in [-0.25, -0.2) is 4.98 Å². The number of anilines is 1. The number of pyridine rings is 2. The van der Waals surface area contributed by atoms with Crippen LogP contribution in [0, 0.1) is 25.2 Å². The van der Waals surface area contributed by atoms with Crippen LogP contribution in [0.15, 0.2) is 30.6 Å². The van der Waals surface area contributed by atoms with Gasteiger partial charge in [0.1, 0.15) is 11.9 Å². The molecular formula is C19H23N5. The predicted molar refractivity (Wildman–Crippen MR) is 94.6 cm³/mol. The lowest BCUT2D eigenvalue weighted by Gasteiger charge is -2.32. The molecule has 0 spiro atoms. The fourth-order valence-electron chi connectivity index (χ4n) is 3.27. The molecule has 5 heteroatoms. The Labute approximate surface area is 143 Å². The lowest BCUT2D eigenvalue weighted by Crippen LogP contribution is -2.38. The smallest absolute Gasteiger partial charge is 0.126 e. The third-order valence-corrected chi connectivity index (χ3v) is 4.58. The van der Waals surface area contributed by atoms with Gasteiger partial charge in [0.25, 0.3) is 0 Å². The zero-order chi connectivity index (χ0) is 16.9. The highest BCUT2D eigenvalue weighted by Crippen LogP contribution is 2.20. The SMILES string of the molecule is Cc1cc(NC2CCN(Cc3cccnc3)CC2)nc(C)c1C#N. The average molecular weight is 321 g/mol. The number of nitriles is 1. The molecule has 1 saturated heterocycles. The van der Waals surface area contributed by atoms with Gasteiger partial charge >= 0.3 is 0 Å². The van der Waals surface area contributed by atoms with E-state index in [0.717, 1.165) is 49.6 Å². The van der Waals surface area contributed by atoms with E-state index in [1.54, 1.807) is 0 Å². The Kier molecular flexibility index (Phi) is 5.07. The molecular weight excluding hydrogens is 298 g/mol. The molecule has 24 heavy (non-hydrogen) atoms. The summed E-state index contributed by atoms with van der Waals surface area (Å²) in [5.41, 5.74) is 3.74. The molecule has 3 heterocycles. The second-order valence-corrected chi connectivity index (χ2v) is 6.45. The summed E-state index contributed by atoms with van der Waals surface area (Å²) in [6.45, 7) is 6.97. The molecule has 0 radical (unpaired) electrons. The van der Waals surface area contributed by atoms with Gasteiger partial charge in [-0.2, -0.15) is 5.26 Å². The monoisotopic (exact) mass is 321 g/mol. The largest absolute Gasteiger partial charge is 0.367 e. The third-order valence-electron chi connectivity index (χ3n) is 4.58. The Morgan fingerprint density at radius 2 is 2.12 bits per heavy atom. The van der Waals surface area contributed by atoms with E-state index in [1.807, 2.05) is 38.4 Å². The summed E-state index contributed by atoms with van der Waals surface area (Å²) in [5.74, 6) is 0.884. The first-order valence-electron chi connectivity index (χ1n) is 8.42. The number of nitrogens with zero attached hydrogens (tertiary/aromatic N) is 4. The van der Waals surface area contributed by atoms with E-state index in [1.165, 1.54) is 5.56 Å². The molecule has 2 aromatic rings. The summed E-state index contributed by atoms with van der Waals surface area (Å²) in [6.07, 6.45) is 5.95. The van der Waals surface area contributed by atoms with Gasteiger partial charge in [0.15, 0.2) is 0 Å². The predicted octanol–water partition coefficient (Wildman–Crippen LogP) is 3.04. The Morgan fingerprint density at radius 1 is 1.33 bits per heavy atom. The zero-order valence-corrected chi connectivity index (χ0v) is 14.3. The van der Waals surface area contributed by atoms with E-state index in [9.17, 15) is 0 Å². The van der Waals surface area contributed by atoms with Crippen LogP contribution >= 0.6 is 0 Å². The van der Waals surface area contributed by atoms with Crippen LogP contribution < -0.4 is 5.32 Å². The van der Waals surface area contributed by atoms with Crippen LogP contribution in [0.5, 0.6) is 0 Å². The minimum atomic E-state index is 0.439. The number of aryl methyl sites for hydroxylation is 2. The zero-order valence-electron chi connectivity index (χ0n) is 14.3. The normalized spacial score (nSPS) is 15.9. The molecule has 1 aliphatic heterocycles. The Hall–Kier alpha value is -2.45. The molecule has 3 rings (SSSR count). The van der Waals surface area contributed by atoms with Crippen molar-refractivity contribution in [2.75, 3.05) is 18.4 Å². The maximum absolute atomic E-state index is 9.14. The summed E-state index contributed by atoms with van der Waals surface area (Å²) in [7, 11) is 0. The van der Waals surface area contributed by atoms with Crippen LogP contribution in [0.1, 0.15) is 35.2 Å². The fourth-order valence-corrected chi connectivity index (χ4v) is 3.27. The summed E-state index contributed by atoms with van der Waals surface area (Å²) < 4.78 is 0. The second-order valence-electron chi connectivity index (χ2n) is 6.45. The van der Waals surface area contributed by atoms with Crippen LogP contribution in [0.25, 0.3) is 0 Å². The van der Waals surface area contributed by atoms with E-state index < -0.39 is 0 Å². The maximum Gasteiger partial charge on any atom is 0.126 e. The highest BCUT2D eigenvalue weighted by molar-refractivity contribution is 5.49. The van der Waals surface area contributed by atoms with Crippen molar-refractivity contribution in [3.63, 3.8) is 0 Å². The van der Waals surface area contributed by atoms with Gasteiger partial charge in [0.2, 0.25) is 0 Å². The molecule has 124 valence electrons. The number of hydrogen-bond donors (Lipinski definition) is 1. The molecule has 2 aromatic heterocycles. The van der Waals surface area contributed by atoms with Crippen LogP contribution in [0.3, 0.4) is 0 Å². The lowest BCUT2D eigenvalue weighted by atomic mass is 10.0. The molecule has 0 bridgehead atoms. The molecule has 1 N–H and O–H groups in total. The first-order chi connectivity index (χ1) is 11.7. The molecule has 1 aliphatic rings. The van der Waals surface area contributed by atoms with Crippen LogP contribution in [-0.4, -0.2) is 34.0 Å². The Bertz CT molecular complexity index is 704. The van der Waals surface area contributed by atoms with E-state index in [0.29, 0.717) is 11.6 Å². The summed E-state index contributed by atoms with van der Waals surface area (Å²) in [6, 6.07) is 8.76. The summed E-state index contributed by atoms with van der Waals surface area (Å²) >= 11 is 0. The van der Waals surface area contributed by atoms with Gasteiger partial charge in [-0.1, -0.05) is 6.07 Å².